The fourth-order valence-electron chi connectivity index (χ4n) is 3.58. The van der Waals surface area contributed by atoms with E-state index in [1.165, 1.54) is 17.7 Å². The second kappa shape index (κ2) is 6.11. The van der Waals surface area contributed by atoms with E-state index >= 15 is 0 Å². The zero-order chi connectivity index (χ0) is 16.5. The molecule has 0 unspecified atom stereocenters. The van der Waals surface area contributed by atoms with Gasteiger partial charge in [0.25, 0.3) is 5.91 Å². The molecular formula is C20H19FN2O. The fourth-order valence-corrected chi connectivity index (χ4v) is 3.58. The molecule has 2 heterocycles. The molecule has 0 fully saturated rings. The average Bonchev–Trinajstić information content (AvgIpc) is 2.76. The lowest BCUT2D eigenvalue weighted by atomic mass is 10.1. The number of amides is 1. The maximum atomic E-state index is 13.8. The normalized spacial score (nSPS) is 14.3. The minimum absolute atomic E-state index is 0.0865. The largest absolute Gasteiger partial charge is 0.352 e. The van der Waals surface area contributed by atoms with Crippen molar-refractivity contribution >= 4 is 16.8 Å². The number of benzene rings is 2. The molecule has 1 aliphatic heterocycles. The fraction of sp³-hybridized carbons (Fsp3) is 0.250. The van der Waals surface area contributed by atoms with E-state index in [4.69, 9.17) is 0 Å². The summed E-state index contributed by atoms with van der Waals surface area (Å²) in [6.07, 6.45) is 2.62. The number of rotatable bonds is 3. The zero-order valence-corrected chi connectivity index (χ0v) is 13.4. The van der Waals surface area contributed by atoms with Crippen molar-refractivity contribution < 1.29 is 9.18 Å². The Bertz CT molecular complexity index is 899. The Hall–Kier alpha value is -2.62. The molecule has 122 valence electrons. The van der Waals surface area contributed by atoms with Gasteiger partial charge in [-0.25, -0.2) is 4.39 Å². The summed E-state index contributed by atoms with van der Waals surface area (Å²) in [5.74, 6) is -0.390. The number of hydrogen-bond acceptors (Lipinski definition) is 1. The van der Waals surface area contributed by atoms with E-state index in [-0.39, 0.29) is 11.7 Å². The Morgan fingerprint density at radius 1 is 1.12 bits per heavy atom. The van der Waals surface area contributed by atoms with Crippen molar-refractivity contribution in [3.63, 3.8) is 0 Å². The van der Waals surface area contributed by atoms with Crippen LogP contribution in [0.5, 0.6) is 0 Å². The van der Waals surface area contributed by atoms with Crippen LogP contribution in [0.1, 0.15) is 28.0 Å². The number of halogens is 1. The third-order valence-corrected chi connectivity index (χ3v) is 4.70. The first-order valence-electron chi connectivity index (χ1n) is 8.37. The highest BCUT2D eigenvalue weighted by molar-refractivity contribution is 6.08. The molecule has 4 heteroatoms. The molecule has 0 aliphatic carbocycles. The molecule has 0 radical (unpaired) electrons. The van der Waals surface area contributed by atoms with Gasteiger partial charge in [-0.05, 0) is 43.0 Å². The molecule has 24 heavy (non-hydrogen) atoms. The first-order chi connectivity index (χ1) is 11.7. The highest BCUT2D eigenvalue weighted by Gasteiger charge is 2.24. The number of nitrogens with zero attached hydrogens (tertiary/aromatic N) is 1. The average molecular weight is 322 g/mol. The minimum Gasteiger partial charge on any atom is -0.352 e. The Morgan fingerprint density at radius 3 is 2.79 bits per heavy atom. The van der Waals surface area contributed by atoms with Crippen molar-refractivity contribution in [2.24, 2.45) is 0 Å². The molecule has 1 N–H and O–H groups in total. The number of aryl methyl sites for hydroxylation is 2. The molecule has 0 spiro atoms. The van der Waals surface area contributed by atoms with Gasteiger partial charge in [0, 0.05) is 29.7 Å². The molecule has 0 bridgehead atoms. The molecule has 1 aromatic heterocycles. The Kier molecular flexibility index (Phi) is 3.81. The van der Waals surface area contributed by atoms with Crippen LogP contribution in [0.2, 0.25) is 0 Å². The van der Waals surface area contributed by atoms with E-state index in [0.29, 0.717) is 12.1 Å². The Balaban J connectivity index is 1.82. The highest BCUT2D eigenvalue weighted by atomic mass is 19.1. The summed E-state index contributed by atoms with van der Waals surface area (Å²) in [6, 6.07) is 15.0. The van der Waals surface area contributed by atoms with Crippen molar-refractivity contribution in [2.75, 3.05) is 6.54 Å². The predicted octanol–water partition coefficient (Wildman–Crippen LogP) is 3.70. The van der Waals surface area contributed by atoms with E-state index in [1.54, 1.807) is 6.07 Å². The van der Waals surface area contributed by atoms with Crippen molar-refractivity contribution in [2.45, 2.75) is 25.8 Å². The third-order valence-electron chi connectivity index (χ3n) is 4.70. The molecule has 0 atom stereocenters. The summed E-state index contributed by atoms with van der Waals surface area (Å²) < 4.78 is 16.0. The van der Waals surface area contributed by atoms with Gasteiger partial charge >= 0.3 is 0 Å². The van der Waals surface area contributed by atoms with Gasteiger partial charge in [0.15, 0.2) is 0 Å². The van der Waals surface area contributed by atoms with Crippen molar-refractivity contribution in [3.8, 4) is 0 Å². The quantitative estimate of drug-likeness (QED) is 0.784. The monoisotopic (exact) mass is 322 g/mol. The number of fused-ring (bicyclic) bond motifs is 3. The second-order valence-corrected chi connectivity index (χ2v) is 6.23. The molecule has 1 amide bonds. The summed E-state index contributed by atoms with van der Waals surface area (Å²) in [4.78, 5) is 12.5. The first kappa shape index (κ1) is 14.9. The standard InChI is InChI=1S/C20H19FN2O/c21-15-8-9-17-16(13-15)19-18(7-4-11-22-20(19)24)23(17)12-10-14-5-2-1-3-6-14/h1-3,5-6,8-9,13H,4,7,10-12H2,(H,22,24). The van der Waals surface area contributed by atoms with Crippen LogP contribution in [0.4, 0.5) is 4.39 Å². The van der Waals surface area contributed by atoms with E-state index in [2.05, 4.69) is 22.0 Å². The van der Waals surface area contributed by atoms with Crippen LogP contribution in [0.25, 0.3) is 10.9 Å². The van der Waals surface area contributed by atoms with Gasteiger partial charge in [-0.2, -0.15) is 0 Å². The highest BCUT2D eigenvalue weighted by Crippen LogP contribution is 2.29. The SMILES string of the molecule is O=C1NCCCc2c1c1cc(F)ccc1n2CCc1ccccc1. The summed E-state index contributed by atoms with van der Waals surface area (Å²) in [5.41, 5.74) is 3.87. The van der Waals surface area contributed by atoms with Crippen LogP contribution in [-0.2, 0) is 19.4 Å². The van der Waals surface area contributed by atoms with Crippen molar-refractivity contribution in [1.82, 2.24) is 9.88 Å². The Labute approximate surface area is 140 Å². The van der Waals surface area contributed by atoms with Gasteiger partial charge in [0.1, 0.15) is 5.82 Å². The first-order valence-corrected chi connectivity index (χ1v) is 8.37. The summed E-state index contributed by atoms with van der Waals surface area (Å²) in [5, 5.41) is 3.64. The molecule has 1 aliphatic rings. The number of carbonyl (C=O) groups excluding carboxylic acids is 1. The maximum absolute atomic E-state index is 13.8. The number of carbonyl (C=O) groups is 1. The predicted molar refractivity (Wildman–Crippen MR) is 92.7 cm³/mol. The molecular weight excluding hydrogens is 303 g/mol. The second-order valence-electron chi connectivity index (χ2n) is 6.23. The number of aromatic nitrogens is 1. The minimum atomic E-state index is -0.303. The molecule has 3 nitrogen and oxygen atoms in total. The van der Waals surface area contributed by atoms with E-state index in [9.17, 15) is 9.18 Å². The number of nitrogens with one attached hydrogen (secondary N) is 1. The number of hydrogen-bond donors (Lipinski definition) is 1. The smallest absolute Gasteiger partial charge is 0.253 e. The topological polar surface area (TPSA) is 34.0 Å². The van der Waals surface area contributed by atoms with Crippen LogP contribution in [0, 0.1) is 5.82 Å². The van der Waals surface area contributed by atoms with Crippen molar-refractivity contribution in [1.29, 1.82) is 0 Å². The van der Waals surface area contributed by atoms with Gasteiger partial charge in [-0.3, -0.25) is 4.79 Å². The van der Waals surface area contributed by atoms with Crippen LogP contribution in [0.15, 0.2) is 48.5 Å². The molecule has 2 aromatic carbocycles. The summed E-state index contributed by atoms with van der Waals surface area (Å²) in [6.45, 7) is 1.46. The van der Waals surface area contributed by atoms with Crippen LogP contribution >= 0.6 is 0 Å². The zero-order valence-electron chi connectivity index (χ0n) is 13.4. The lowest BCUT2D eigenvalue weighted by molar-refractivity contribution is 0.0957. The summed E-state index contributed by atoms with van der Waals surface area (Å²) >= 11 is 0. The summed E-state index contributed by atoms with van der Waals surface area (Å²) in [7, 11) is 0. The van der Waals surface area contributed by atoms with Gasteiger partial charge in [-0.15, -0.1) is 0 Å². The molecule has 3 aromatic rings. The lowest BCUT2D eigenvalue weighted by Crippen LogP contribution is -2.22. The van der Waals surface area contributed by atoms with Crippen LogP contribution < -0.4 is 5.32 Å². The van der Waals surface area contributed by atoms with Gasteiger partial charge in [0.05, 0.1) is 5.56 Å². The molecule has 0 saturated heterocycles. The Morgan fingerprint density at radius 2 is 1.96 bits per heavy atom. The third kappa shape index (κ3) is 2.58. The lowest BCUT2D eigenvalue weighted by Gasteiger charge is -2.11. The van der Waals surface area contributed by atoms with Gasteiger partial charge in [-0.1, -0.05) is 30.3 Å². The van der Waals surface area contributed by atoms with E-state index in [1.807, 2.05) is 18.2 Å². The van der Waals surface area contributed by atoms with Crippen LogP contribution in [-0.4, -0.2) is 17.0 Å². The van der Waals surface area contributed by atoms with Gasteiger partial charge in [0.2, 0.25) is 0 Å². The van der Waals surface area contributed by atoms with Crippen LogP contribution in [0.3, 0.4) is 0 Å². The van der Waals surface area contributed by atoms with E-state index < -0.39 is 0 Å². The molecule has 4 rings (SSSR count). The van der Waals surface area contributed by atoms with Gasteiger partial charge < -0.3 is 9.88 Å². The van der Waals surface area contributed by atoms with Crippen molar-refractivity contribution in [3.05, 3.63) is 71.2 Å². The van der Waals surface area contributed by atoms with E-state index in [0.717, 1.165) is 42.4 Å². The maximum Gasteiger partial charge on any atom is 0.253 e. The molecule has 0 saturated carbocycles.